The molecule has 26 heavy (non-hydrogen) atoms. The molecule has 0 spiro atoms. The molecule has 2 heterocycles. The van der Waals surface area contributed by atoms with Gasteiger partial charge in [0.2, 0.25) is 0 Å². The Morgan fingerprint density at radius 2 is 2.00 bits per heavy atom. The summed E-state index contributed by atoms with van der Waals surface area (Å²) < 4.78 is 19.2. The number of benzene rings is 2. The van der Waals surface area contributed by atoms with E-state index in [1.807, 2.05) is 32.0 Å². The van der Waals surface area contributed by atoms with Crippen molar-refractivity contribution in [2.75, 3.05) is 5.01 Å². The quantitative estimate of drug-likeness (QED) is 0.860. The van der Waals surface area contributed by atoms with Gasteiger partial charge in [-0.3, -0.25) is 0 Å². The molecule has 0 radical (unpaired) electrons. The average Bonchev–Trinajstić information content (AvgIpc) is 3.37. The van der Waals surface area contributed by atoms with E-state index >= 15 is 0 Å². The first-order valence-electron chi connectivity index (χ1n) is 8.25. The molecule has 0 amide bonds. The first-order valence-corrected chi connectivity index (χ1v) is 8.25. The molecule has 2 aliphatic rings. The lowest BCUT2D eigenvalue weighted by molar-refractivity contribution is -0.132. The van der Waals surface area contributed by atoms with Gasteiger partial charge in [-0.2, -0.15) is 5.10 Å². The molecule has 0 saturated carbocycles. The lowest BCUT2D eigenvalue weighted by Crippen LogP contribution is -2.23. The highest BCUT2D eigenvalue weighted by molar-refractivity contribution is 6.13. The van der Waals surface area contributed by atoms with Crippen LogP contribution in [0.2, 0.25) is 0 Å². The van der Waals surface area contributed by atoms with E-state index in [-0.39, 0.29) is 5.57 Å². The summed E-state index contributed by atoms with van der Waals surface area (Å²) in [5.74, 6) is -1.44. The van der Waals surface area contributed by atoms with E-state index in [4.69, 9.17) is 4.74 Å². The number of hydrazone groups is 1. The summed E-state index contributed by atoms with van der Waals surface area (Å²) in [6.45, 7) is 4.00. The summed E-state index contributed by atoms with van der Waals surface area (Å²) in [5, 5.41) is 15.7. The molecule has 2 aromatic rings. The number of hydrogen-bond acceptors (Lipinski definition) is 4. The molecule has 5 nitrogen and oxygen atoms in total. The number of anilines is 1. The van der Waals surface area contributed by atoms with Gasteiger partial charge in [0.15, 0.2) is 6.23 Å². The number of hydrogen-bond donors (Lipinski definition) is 1. The van der Waals surface area contributed by atoms with Crippen molar-refractivity contribution in [3.8, 4) is 0 Å². The van der Waals surface area contributed by atoms with Gasteiger partial charge in [0.05, 0.1) is 17.0 Å². The van der Waals surface area contributed by atoms with E-state index in [0.717, 1.165) is 16.7 Å². The molecule has 0 aromatic heterocycles. The Balaban J connectivity index is 1.83. The number of carboxylic acids is 1. The number of rotatable bonds is 3. The van der Waals surface area contributed by atoms with Gasteiger partial charge in [0.1, 0.15) is 11.9 Å². The minimum Gasteiger partial charge on any atom is -0.478 e. The molecular formula is C20H17FN2O3. The Hall–Kier alpha value is -2.99. The lowest BCUT2D eigenvalue weighted by Gasteiger charge is -2.18. The molecule has 0 bridgehead atoms. The van der Waals surface area contributed by atoms with Gasteiger partial charge in [-0.05, 0) is 55.3 Å². The number of epoxide rings is 1. The SMILES string of the molecule is Cc1ccc(C2=NN(c3cccc(F)c3)C3OC3C(C(=O)O)=C2)cc1C. The number of allylic oxidation sites excluding steroid dienone is 1. The zero-order valence-corrected chi connectivity index (χ0v) is 14.3. The number of aliphatic carboxylic acids is 1. The van der Waals surface area contributed by atoms with Crippen LogP contribution >= 0.6 is 0 Å². The maximum atomic E-state index is 13.7. The number of fused-ring (bicyclic) bond motifs is 1. The van der Waals surface area contributed by atoms with Crippen molar-refractivity contribution >= 4 is 17.4 Å². The van der Waals surface area contributed by atoms with E-state index in [1.165, 1.54) is 18.2 Å². The molecule has 2 aliphatic heterocycles. The zero-order chi connectivity index (χ0) is 18.4. The molecular weight excluding hydrogens is 335 g/mol. The normalized spacial score (nSPS) is 21.4. The molecule has 4 rings (SSSR count). The lowest BCUT2D eigenvalue weighted by atomic mass is 10.0. The second-order valence-corrected chi connectivity index (χ2v) is 6.46. The van der Waals surface area contributed by atoms with Crippen molar-refractivity contribution in [1.82, 2.24) is 0 Å². The van der Waals surface area contributed by atoms with Crippen molar-refractivity contribution < 1.29 is 19.0 Å². The highest BCUT2D eigenvalue weighted by Crippen LogP contribution is 2.38. The second kappa shape index (κ2) is 6.07. The van der Waals surface area contributed by atoms with Crippen molar-refractivity contribution in [3.63, 3.8) is 0 Å². The van der Waals surface area contributed by atoms with E-state index in [0.29, 0.717) is 11.4 Å². The predicted molar refractivity (Wildman–Crippen MR) is 95.7 cm³/mol. The van der Waals surface area contributed by atoms with Crippen LogP contribution in [-0.4, -0.2) is 29.1 Å². The Morgan fingerprint density at radius 1 is 1.19 bits per heavy atom. The maximum Gasteiger partial charge on any atom is 0.334 e. The number of aryl methyl sites for hydroxylation is 2. The van der Waals surface area contributed by atoms with Crippen LogP contribution in [0.3, 0.4) is 0 Å². The molecule has 2 unspecified atom stereocenters. The Labute approximate surface area is 150 Å². The van der Waals surface area contributed by atoms with Gasteiger partial charge >= 0.3 is 5.97 Å². The summed E-state index contributed by atoms with van der Waals surface area (Å²) in [6, 6.07) is 11.8. The summed E-state index contributed by atoms with van der Waals surface area (Å²) in [4.78, 5) is 11.7. The van der Waals surface area contributed by atoms with Crippen molar-refractivity contribution in [2.24, 2.45) is 5.10 Å². The predicted octanol–water partition coefficient (Wildman–Crippen LogP) is 3.40. The fraction of sp³-hybridized carbons (Fsp3) is 0.200. The first-order chi connectivity index (χ1) is 12.4. The highest BCUT2D eigenvalue weighted by Gasteiger charge is 2.50. The fourth-order valence-corrected chi connectivity index (χ4v) is 3.00. The minimum atomic E-state index is -1.05. The van der Waals surface area contributed by atoms with Gasteiger partial charge in [-0.25, -0.2) is 14.2 Å². The van der Waals surface area contributed by atoms with Gasteiger partial charge in [0, 0.05) is 5.56 Å². The number of carbonyl (C=O) groups is 1. The standard InChI is InChI=1S/C20H17FN2O3/c1-11-6-7-13(8-12(11)2)17-10-16(20(24)25)18-19(26-18)23(22-17)15-5-3-4-14(21)9-15/h3-10,18-19H,1-2H3,(H,24,25). The minimum absolute atomic E-state index is 0.144. The Kier molecular flexibility index (Phi) is 3.85. The summed E-state index contributed by atoms with van der Waals surface area (Å²) in [5.41, 5.74) is 4.18. The van der Waals surface area contributed by atoms with Crippen LogP contribution in [0.4, 0.5) is 10.1 Å². The maximum absolute atomic E-state index is 13.7. The third-order valence-corrected chi connectivity index (χ3v) is 4.65. The molecule has 1 fully saturated rings. The van der Waals surface area contributed by atoms with Crippen LogP contribution in [0.15, 0.2) is 59.2 Å². The van der Waals surface area contributed by atoms with E-state index in [2.05, 4.69) is 5.10 Å². The van der Waals surface area contributed by atoms with Crippen molar-refractivity contribution in [3.05, 3.63) is 76.6 Å². The van der Waals surface area contributed by atoms with Crippen LogP contribution in [-0.2, 0) is 9.53 Å². The van der Waals surface area contributed by atoms with E-state index in [9.17, 15) is 14.3 Å². The number of ether oxygens (including phenoxy) is 1. The topological polar surface area (TPSA) is 65.4 Å². The van der Waals surface area contributed by atoms with Crippen molar-refractivity contribution in [1.29, 1.82) is 0 Å². The first kappa shape index (κ1) is 16.5. The molecule has 132 valence electrons. The van der Waals surface area contributed by atoms with E-state index in [1.54, 1.807) is 17.1 Å². The molecule has 0 aliphatic carbocycles. The third-order valence-electron chi connectivity index (χ3n) is 4.65. The zero-order valence-electron chi connectivity index (χ0n) is 14.3. The number of halogens is 1. The molecule has 2 atom stereocenters. The number of carboxylic acid groups (broad SMARTS) is 1. The van der Waals surface area contributed by atoms with Crippen LogP contribution in [0.1, 0.15) is 16.7 Å². The molecule has 6 heteroatoms. The van der Waals surface area contributed by atoms with E-state index < -0.39 is 24.1 Å². The number of nitrogens with zero attached hydrogens (tertiary/aromatic N) is 2. The van der Waals surface area contributed by atoms with Crippen LogP contribution in [0, 0.1) is 19.7 Å². The van der Waals surface area contributed by atoms with Crippen LogP contribution in [0.25, 0.3) is 0 Å². The van der Waals surface area contributed by atoms with Gasteiger partial charge < -0.3 is 9.84 Å². The average molecular weight is 352 g/mol. The van der Waals surface area contributed by atoms with Crippen molar-refractivity contribution in [2.45, 2.75) is 26.2 Å². The summed E-state index contributed by atoms with van der Waals surface area (Å²) >= 11 is 0. The smallest absolute Gasteiger partial charge is 0.334 e. The van der Waals surface area contributed by atoms with Crippen LogP contribution < -0.4 is 5.01 Å². The van der Waals surface area contributed by atoms with Gasteiger partial charge in [0.25, 0.3) is 0 Å². The second-order valence-electron chi connectivity index (χ2n) is 6.46. The summed E-state index contributed by atoms with van der Waals surface area (Å²) in [7, 11) is 0. The Bertz CT molecular complexity index is 967. The molecule has 2 aromatic carbocycles. The largest absolute Gasteiger partial charge is 0.478 e. The monoisotopic (exact) mass is 352 g/mol. The fourth-order valence-electron chi connectivity index (χ4n) is 3.00. The van der Waals surface area contributed by atoms with Crippen LogP contribution in [0.5, 0.6) is 0 Å². The van der Waals surface area contributed by atoms with Gasteiger partial charge in [-0.1, -0.05) is 18.2 Å². The molecule has 1 saturated heterocycles. The third kappa shape index (κ3) is 2.88. The van der Waals surface area contributed by atoms with Gasteiger partial charge in [-0.15, -0.1) is 0 Å². The summed E-state index contributed by atoms with van der Waals surface area (Å²) in [6.07, 6.45) is 0.392. The highest BCUT2D eigenvalue weighted by atomic mass is 19.1. The Morgan fingerprint density at radius 3 is 2.69 bits per heavy atom. The molecule has 1 N–H and O–H groups in total.